The van der Waals surface area contributed by atoms with Gasteiger partial charge in [0, 0.05) is 42.9 Å². The zero-order valence-corrected chi connectivity index (χ0v) is 20.2. The molecular formula is C26H25F3N4O5. The standard InChI is InChI=1S/C26H25F3N4O5/c27-26(28,29)22(15-2-1-3-18(13-15)32-8-10-38-11-9-32)31-23(35)16-4-5-19-17(12-16)14-33(25(19)37)20-6-7-21(34)30-24(20)36/h1-5,12-13,20,22H,6-11,14H2,(H,31,35)(H,30,34,36)/t20?,22-/m1/s1. The number of morpholine rings is 1. The Kier molecular flexibility index (Phi) is 6.82. The average molecular weight is 531 g/mol. The van der Waals surface area contributed by atoms with Crippen molar-refractivity contribution in [2.24, 2.45) is 0 Å². The molecule has 5 rings (SSSR count). The fraction of sp³-hybridized carbons (Fsp3) is 0.385. The zero-order chi connectivity index (χ0) is 27.0. The topological polar surface area (TPSA) is 108 Å². The Morgan fingerprint density at radius 3 is 2.55 bits per heavy atom. The Morgan fingerprint density at radius 1 is 1.08 bits per heavy atom. The summed E-state index contributed by atoms with van der Waals surface area (Å²) in [6.45, 7) is 2.06. The third-order valence-electron chi connectivity index (χ3n) is 6.97. The Morgan fingerprint density at radius 2 is 1.84 bits per heavy atom. The molecule has 0 radical (unpaired) electrons. The number of hydrogen-bond donors (Lipinski definition) is 2. The van der Waals surface area contributed by atoms with Crippen molar-refractivity contribution in [3.63, 3.8) is 0 Å². The lowest BCUT2D eigenvalue weighted by atomic mass is 10.0. The molecule has 2 atom stereocenters. The van der Waals surface area contributed by atoms with Crippen LogP contribution in [0.1, 0.15) is 50.7 Å². The van der Waals surface area contributed by atoms with Crippen molar-refractivity contribution in [2.45, 2.75) is 37.6 Å². The minimum Gasteiger partial charge on any atom is -0.378 e. The number of fused-ring (bicyclic) bond motifs is 1. The molecule has 2 saturated heterocycles. The molecule has 2 aromatic rings. The van der Waals surface area contributed by atoms with Gasteiger partial charge in [-0.1, -0.05) is 12.1 Å². The van der Waals surface area contributed by atoms with Crippen LogP contribution in [0.25, 0.3) is 0 Å². The van der Waals surface area contributed by atoms with Gasteiger partial charge in [0.2, 0.25) is 11.8 Å². The minimum absolute atomic E-state index is 0.00581. The lowest BCUT2D eigenvalue weighted by Gasteiger charge is -2.30. The van der Waals surface area contributed by atoms with Crippen LogP contribution in [-0.2, 0) is 20.9 Å². The summed E-state index contributed by atoms with van der Waals surface area (Å²) in [6, 6.07) is 6.93. The number of nitrogens with one attached hydrogen (secondary N) is 2. The second-order valence-corrected chi connectivity index (χ2v) is 9.41. The van der Waals surface area contributed by atoms with Gasteiger partial charge in [-0.2, -0.15) is 13.2 Å². The second kappa shape index (κ2) is 10.1. The van der Waals surface area contributed by atoms with Crippen molar-refractivity contribution in [3.05, 3.63) is 64.7 Å². The molecule has 3 aliphatic rings. The molecule has 2 fully saturated rings. The number of nitrogens with zero attached hydrogens (tertiary/aromatic N) is 2. The van der Waals surface area contributed by atoms with Gasteiger partial charge in [0.1, 0.15) is 6.04 Å². The Balaban J connectivity index is 1.34. The molecule has 3 aliphatic heterocycles. The number of halogens is 3. The molecule has 0 spiro atoms. The van der Waals surface area contributed by atoms with Crippen molar-refractivity contribution in [1.29, 1.82) is 0 Å². The Labute approximate surface area is 215 Å². The number of carbonyl (C=O) groups excluding carboxylic acids is 4. The van der Waals surface area contributed by atoms with Gasteiger partial charge in [0.15, 0.2) is 6.04 Å². The van der Waals surface area contributed by atoms with Crippen molar-refractivity contribution in [2.75, 3.05) is 31.2 Å². The maximum atomic E-state index is 14.1. The number of anilines is 1. The first-order valence-electron chi connectivity index (χ1n) is 12.2. The van der Waals surface area contributed by atoms with Gasteiger partial charge in [-0.05, 0) is 47.9 Å². The molecule has 0 saturated carbocycles. The van der Waals surface area contributed by atoms with E-state index in [4.69, 9.17) is 4.74 Å². The summed E-state index contributed by atoms with van der Waals surface area (Å²) < 4.78 is 47.6. The van der Waals surface area contributed by atoms with Gasteiger partial charge in [0.25, 0.3) is 11.8 Å². The number of amides is 4. The first-order valence-corrected chi connectivity index (χ1v) is 12.2. The summed E-state index contributed by atoms with van der Waals surface area (Å²) in [4.78, 5) is 52.7. The van der Waals surface area contributed by atoms with E-state index in [2.05, 4.69) is 10.6 Å². The first kappa shape index (κ1) is 25.7. The van der Waals surface area contributed by atoms with Crippen molar-refractivity contribution >= 4 is 29.3 Å². The SMILES string of the molecule is O=C1CCC(N2Cc3cc(C(=O)N[C@H](c4cccc(N5CCOCC5)c4)C(F)(F)F)ccc3C2=O)C(=O)N1. The lowest BCUT2D eigenvalue weighted by Crippen LogP contribution is -2.52. The number of alkyl halides is 3. The highest BCUT2D eigenvalue weighted by Gasteiger charge is 2.43. The molecule has 4 amide bonds. The summed E-state index contributed by atoms with van der Waals surface area (Å²) in [7, 11) is 0. The average Bonchev–Trinajstić information content (AvgIpc) is 3.22. The molecule has 2 N–H and O–H groups in total. The van der Waals surface area contributed by atoms with E-state index in [1.54, 1.807) is 6.07 Å². The molecule has 38 heavy (non-hydrogen) atoms. The highest BCUT2D eigenvalue weighted by Crippen LogP contribution is 2.35. The highest BCUT2D eigenvalue weighted by molar-refractivity contribution is 6.06. The largest absolute Gasteiger partial charge is 0.412 e. The normalized spacial score (nSPS) is 20.7. The van der Waals surface area contributed by atoms with E-state index in [1.807, 2.05) is 4.90 Å². The van der Waals surface area contributed by atoms with Crippen molar-refractivity contribution in [3.8, 4) is 0 Å². The van der Waals surface area contributed by atoms with Crippen LogP contribution in [0.15, 0.2) is 42.5 Å². The number of carbonyl (C=O) groups is 4. The molecule has 200 valence electrons. The van der Waals surface area contributed by atoms with Gasteiger partial charge in [-0.15, -0.1) is 0 Å². The maximum absolute atomic E-state index is 14.1. The van der Waals surface area contributed by atoms with E-state index in [0.29, 0.717) is 37.6 Å². The highest BCUT2D eigenvalue weighted by atomic mass is 19.4. The lowest BCUT2D eigenvalue weighted by molar-refractivity contribution is -0.155. The van der Waals surface area contributed by atoms with E-state index in [1.165, 1.54) is 41.3 Å². The zero-order valence-electron chi connectivity index (χ0n) is 20.2. The van der Waals surface area contributed by atoms with Gasteiger partial charge in [-0.25, -0.2) is 0 Å². The fourth-order valence-corrected chi connectivity index (χ4v) is 5.01. The fourth-order valence-electron chi connectivity index (χ4n) is 5.01. The van der Waals surface area contributed by atoms with Crippen LogP contribution >= 0.6 is 0 Å². The third-order valence-corrected chi connectivity index (χ3v) is 6.97. The molecule has 2 aromatic carbocycles. The van der Waals surface area contributed by atoms with Crippen molar-refractivity contribution < 1.29 is 37.1 Å². The van der Waals surface area contributed by atoms with Crippen molar-refractivity contribution in [1.82, 2.24) is 15.5 Å². The van der Waals surface area contributed by atoms with Crippen LogP contribution in [0.4, 0.5) is 18.9 Å². The van der Waals surface area contributed by atoms with Crippen LogP contribution in [-0.4, -0.2) is 67.1 Å². The van der Waals surface area contributed by atoms with Gasteiger partial charge < -0.3 is 19.9 Å². The number of imide groups is 1. The minimum atomic E-state index is -4.76. The van der Waals surface area contributed by atoms with Crippen LogP contribution < -0.4 is 15.5 Å². The van der Waals surface area contributed by atoms with E-state index in [0.717, 1.165) is 0 Å². The smallest absolute Gasteiger partial charge is 0.378 e. The molecule has 0 aliphatic carbocycles. The third kappa shape index (κ3) is 5.08. The summed E-state index contributed by atoms with van der Waals surface area (Å²) in [5, 5.41) is 4.31. The number of rotatable bonds is 5. The van der Waals surface area contributed by atoms with E-state index >= 15 is 0 Å². The summed E-state index contributed by atoms with van der Waals surface area (Å²) in [6.07, 6.45) is -4.49. The Hall–Kier alpha value is -3.93. The van der Waals surface area contributed by atoms with Gasteiger partial charge >= 0.3 is 6.18 Å². The molecule has 1 unspecified atom stereocenters. The molecule has 0 bridgehead atoms. The first-order chi connectivity index (χ1) is 18.1. The van der Waals surface area contributed by atoms with Crippen LogP contribution in [0, 0.1) is 0 Å². The second-order valence-electron chi connectivity index (χ2n) is 9.41. The molecule has 12 heteroatoms. The van der Waals surface area contributed by atoms with E-state index in [9.17, 15) is 32.3 Å². The predicted molar refractivity (Wildman–Crippen MR) is 128 cm³/mol. The predicted octanol–water partition coefficient (Wildman–Crippen LogP) is 2.32. The summed E-state index contributed by atoms with van der Waals surface area (Å²) in [5.41, 5.74) is 1.15. The van der Waals surface area contributed by atoms with E-state index < -0.39 is 41.9 Å². The van der Waals surface area contributed by atoms with Gasteiger partial charge in [0.05, 0.1) is 13.2 Å². The van der Waals surface area contributed by atoms with E-state index in [-0.39, 0.29) is 36.1 Å². The molecular weight excluding hydrogens is 505 g/mol. The maximum Gasteiger partial charge on any atom is 0.412 e. The monoisotopic (exact) mass is 530 g/mol. The number of piperidine rings is 1. The molecule has 3 heterocycles. The van der Waals surface area contributed by atoms with Crippen LogP contribution in [0.2, 0.25) is 0 Å². The summed E-state index contributed by atoms with van der Waals surface area (Å²) >= 11 is 0. The van der Waals surface area contributed by atoms with Crippen LogP contribution in [0.3, 0.4) is 0 Å². The molecule has 0 aromatic heterocycles. The summed E-state index contributed by atoms with van der Waals surface area (Å²) in [5.74, 6) is -2.37. The number of ether oxygens (including phenoxy) is 1. The van der Waals surface area contributed by atoms with Crippen LogP contribution in [0.5, 0.6) is 0 Å². The number of benzene rings is 2. The Bertz CT molecular complexity index is 1290. The number of hydrogen-bond acceptors (Lipinski definition) is 6. The molecule has 9 nitrogen and oxygen atoms in total. The van der Waals surface area contributed by atoms with Gasteiger partial charge in [-0.3, -0.25) is 24.5 Å². The quantitative estimate of drug-likeness (QED) is 0.575.